The highest BCUT2D eigenvalue weighted by atomic mass is 16.1. The highest BCUT2D eigenvalue weighted by Crippen LogP contribution is 2.00. The molecule has 1 saturated heterocycles. The minimum absolute atomic E-state index is 0.0706. The second-order valence-corrected chi connectivity index (χ2v) is 2.76. The van der Waals surface area contributed by atoms with Crippen molar-refractivity contribution in [3.8, 4) is 0 Å². The van der Waals surface area contributed by atoms with Crippen LogP contribution in [0.15, 0.2) is 12.7 Å². The van der Waals surface area contributed by atoms with Gasteiger partial charge in [-0.05, 0) is 25.5 Å². The third kappa shape index (κ3) is 2.72. The molecule has 1 aliphatic heterocycles. The first-order chi connectivity index (χ1) is 5.33. The largest absolute Gasteiger partial charge is 0.349 e. The summed E-state index contributed by atoms with van der Waals surface area (Å²) in [5.74, 6) is -0.0706. The summed E-state index contributed by atoms with van der Waals surface area (Å²) in [5, 5.41) is 6.06. The van der Waals surface area contributed by atoms with E-state index in [0.29, 0.717) is 6.04 Å². The minimum atomic E-state index is -0.0706. The predicted molar refractivity (Wildman–Crippen MR) is 44.2 cm³/mol. The van der Waals surface area contributed by atoms with E-state index in [9.17, 15) is 4.79 Å². The lowest BCUT2D eigenvalue weighted by Crippen LogP contribution is -2.45. The second kappa shape index (κ2) is 4.13. The molecule has 0 radical (unpaired) electrons. The van der Waals surface area contributed by atoms with Crippen molar-refractivity contribution in [1.82, 2.24) is 10.6 Å². The summed E-state index contributed by atoms with van der Waals surface area (Å²) in [6.07, 6.45) is 3.53. The van der Waals surface area contributed by atoms with Crippen molar-refractivity contribution in [2.75, 3.05) is 13.1 Å². The molecule has 0 unspecified atom stereocenters. The SMILES string of the molecule is C=CC(=O)N[C@H]1CCCNC1. The van der Waals surface area contributed by atoms with Crippen LogP contribution in [0, 0.1) is 0 Å². The maximum atomic E-state index is 10.8. The third-order valence-corrected chi connectivity index (χ3v) is 1.83. The first-order valence-electron chi connectivity index (χ1n) is 3.96. The van der Waals surface area contributed by atoms with Crippen LogP contribution >= 0.6 is 0 Å². The highest BCUT2D eigenvalue weighted by molar-refractivity contribution is 5.87. The van der Waals surface area contributed by atoms with Crippen LogP contribution < -0.4 is 10.6 Å². The molecular formula is C8H14N2O. The zero-order valence-electron chi connectivity index (χ0n) is 6.60. The fourth-order valence-electron chi connectivity index (χ4n) is 1.24. The van der Waals surface area contributed by atoms with E-state index >= 15 is 0 Å². The Bertz CT molecular complexity index is 150. The van der Waals surface area contributed by atoms with E-state index in [0.717, 1.165) is 25.9 Å². The number of hydrogen-bond donors (Lipinski definition) is 2. The molecule has 1 heterocycles. The normalized spacial score (nSPS) is 24.2. The number of nitrogens with one attached hydrogen (secondary N) is 2. The van der Waals surface area contributed by atoms with E-state index in [1.54, 1.807) is 0 Å². The van der Waals surface area contributed by atoms with Gasteiger partial charge in [-0.3, -0.25) is 4.79 Å². The van der Waals surface area contributed by atoms with Gasteiger partial charge in [0.2, 0.25) is 5.91 Å². The Balaban J connectivity index is 2.24. The summed E-state index contributed by atoms with van der Waals surface area (Å²) >= 11 is 0. The molecule has 1 rings (SSSR count). The quantitative estimate of drug-likeness (QED) is 0.551. The van der Waals surface area contributed by atoms with Gasteiger partial charge < -0.3 is 10.6 Å². The zero-order valence-corrected chi connectivity index (χ0v) is 6.60. The summed E-state index contributed by atoms with van der Waals surface area (Å²) in [4.78, 5) is 10.8. The molecule has 0 aromatic rings. The topological polar surface area (TPSA) is 41.1 Å². The summed E-state index contributed by atoms with van der Waals surface area (Å²) < 4.78 is 0. The van der Waals surface area contributed by atoms with E-state index in [1.165, 1.54) is 6.08 Å². The maximum absolute atomic E-state index is 10.8. The van der Waals surface area contributed by atoms with E-state index in [1.807, 2.05) is 0 Å². The van der Waals surface area contributed by atoms with Gasteiger partial charge in [0, 0.05) is 12.6 Å². The van der Waals surface area contributed by atoms with Crippen LogP contribution in [0.5, 0.6) is 0 Å². The number of piperidine rings is 1. The maximum Gasteiger partial charge on any atom is 0.243 e. The Morgan fingerprint density at radius 2 is 2.55 bits per heavy atom. The van der Waals surface area contributed by atoms with Gasteiger partial charge in [-0.1, -0.05) is 6.58 Å². The standard InChI is InChI=1S/C8H14N2O/c1-2-8(11)10-7-4-3-5-9-6-7/h2,7,9H,1,3-6H2,(H,10,11)/t7-/m0/s1. The van der Waals surface area contributed by atoms with Crippen molar-refractivity contribution in [3.05, 3.63) is 12.7 Å². The van der Waals surface area contributed by atoms with Crippen molar-refractivity contribution < 1.29 is 4.79 Å². The van der Waals surface area contributed by atoms with Crippen LogP contribution in [0.1, 0.15) is 12.8 Å². The Labute approximate surface area is 66.9 Å². The molecule has 1 fully saturated rings. The van der Waals surface area contributed by atoms with Gasteiger partial charge in [-0.25, -0.2) is 0 Å². The van der Waals surface area contributed by atoms with Crippen LogP contribution in [0.2, 0.25) is 0 Å². The van der Waals surface area contributed by atoms with Gasteiger partial charge in [-0.2, -0.15) is 0 Å². The highest BCUT2D eigenvalue weighted by Gasteiger charge is 2.12. The van der Waals surface area contributed by atoms with Gasteiger partial charge in [0.05, 0.1) is 0 Å². The average Bonchev–Trinajstić information content (AvgIpc) is 2.06. The minimum Gasteiger partial charge on any atom is -0.349 e. The summed E-state index contributed by atoms with van der Waals surface area (Å²) in [5.41, 5.74) is 0. The van der Waals surface area contributed by atoms with Crippen molar-refractivity contribution in [3.63, 3.8) is 0 Å². The Morgan fingerprint density at radius 1 is 1.73 bits per heavy atom. The number of carbonyl (C=O) groups is 1. The van der Waals surface area contributed by atoms with E-state index in [-0.39, 0.29) is 5.91 Å². The summed E-state index contributed by atoms with van der Waals surface area (Å²) in [6, 6.07) is 0.300. The molecule has 1 atom stereocenters. The van der Waals surface area contributed by atoms with E-state index < -0.39 is 0 Å². The third-order valence-electron chi connectivity index (χ3n) is 1.83. The molecule has 3 nitrogen and oxygen atoms in total. The van der Waals surface area contributed by atoms with Crippen molar-refractivity contribution in [2.24, 2.45) is 0 Å². The molecule has 0 bridgehead atoms. The van der Waals surface area contributed by atoms with Gasteiger partial charge in [0.1, 0.15) is 0 Å². The fourth-order valence-corrected chi connectivity index (χ4v) is 1.24. The molecule has 0 saturated carbocycles. The molecule has 2 N–H and O–H groups in total. The molecule has 0 aromatic carbocycles. The number of rotatable bonds is 2. The van der Waals surface area contributed by atoms with E-state index in [2.05, 4.69) is 17.2 Å². The zero-order chi connectivity index (χ0) is 8.10. The summed E-state index contributed by atoms with van der Waals surface area (Å²) in [6.45, 7) is 5.35. The molecule has 62 valence electrons. The predicted octanol–water partition coefficient (Wildman–Crippen LogP) is 0.0406. The first kappa shape index (κ1) is 8.27. The molecule has 11 heavy (non-hydrogen) atoms. The van der Waals surface area contributed by atoms with Gasteiger partial charge in [0.15, 0.2) is 0 Å². The fraction of sp³-hybridized carbons (Fsp3) is 0.625. The number of hydrogen-bond acceptors (Lipinski definition) is 2. The van der Waals surface area contributed by atoms with E-state index in [4.69, 9.17) is 0 Å². The van der Waals surface area contributed by atoms with Gasteiger partial charge >= 0.3 is 0 Å². The number of carbonyl (C=O) groups excluding carboxylic acids is 1. The lowest BCUT2D eigenvalue weighted by molar-refractivity contribution is -0.117. The molecule has 1 aliphatic rings. The smallest absolute Gasteiger partial charge is 0.243 e. The second-order valence-electron chi connectivity index (χ2n) is 2.76. The Morgan fingerprint density at radius 3 is 3.09 bits per heavy atom. The molecule has 1 amide bonds. The molecule has 0 aliphatic carbocycles. The molecule has 0 aromatic heterocycles. The van der Waals surface area contributed by atoms with Crippen LogP contribution in [-0.2, 0) is 4.79 Å². The summed E-state index contributed by atoms with van der Waals surface area (Å²) in [7, 11) is 0. The van der Waals surface area contributed by atoms with Gasteiger partial charge in [-0.15, -0.1) is 0 Å². The van der Waals surface area contributed by atoms with Crippen molar-refractivity contribution in [1.29, 1.82) is 0 Å². The molecular weight excluding hydrogens is 140 g/mol. The van der Waals surface area contributed by atoms with Crippen molar-refractivity contribution in [2.45, 2.75) is 18.9 Å². The Hall–Kier alpha value is -0.830. The van der Waals surface area contributed by atoms with Crippen molar-refractivity contribution >= 4 is 5.91 Å². The van der Waals surface area contributed by atoms with Gasteiger partial charge in [0.25, 0.3) is 0 Å². The van der Waals surface area contributed by atoms with Crippen LogP contribution in [-0.4, -0.2) is 25.0 Å². The average molecular weight is 154 g/mol. The monoisotopic (exact) mass is 154 g/mol. The molecule has 0 spiro atoms. The lowest BCUT2D eigenvalue weighted by atomic mass is 10.1. The molecule has 3 heteroatoms. The first-order valence-corrected chi connectivity index (χ1v) is 3.96. The van der Waals surface area contributed by atoms with Crippen LogP contribution in [0.3, 0.4) is 0 Å². The number of amides is 1. The lowest BCUT2D eigenvalue weighted by Gasteiger charge is -2.22. The van der Waals surface area contributed by atoms with Crippen LogP contribution in [0.25, 0.3) is 0 Å². The Kier molecular flexibility index (Phi) is 3.11. The van der Waals surface area contributed by atoms with Crippen LogP contribution in [0.4, 0.5) is 0 Å².